The van der Waals surface area contributed by atoms with Gasteiger partial charge in [-0.2, -0.15) is 0 Å². The fourth-order valence-electron chi connectivity index (χ4n) is 3.59. The summed E-state index contributed by atoms with van der Waals surface area (Å²) in [5.74, 6) is 2.23. The number of nitrogens with one attached hydrogen (secondary N) is 1. The van der Waals surface area contributed by atoms with Crippen molar-refractivity contribution < 1.29 is 4.74 Å². The smallest absolute Gasteiger partial charge is 0.228 e. The number of nitrogens with zero attached hydrogens (tertiary/aromatic N) is 4. The van der Waals surface area contributed by atoms with E-state index >= 15 is 0 Å². The van der Waals surface area contributed by atoms with Crippen LogP contribution in [0.3, 0.4) is 0 Å². The highest BCUT2D eigenvalue weighted by Crippen LogP contribution is 2.32. The second-order valence-electron chi connectivity index (χ2n) is 7.13. The zero-order chi connectivity index (χ0) is 19.3. The minimum absolute atomic E-state index is 0.302. The lowest BCUT2D eigenvalue weighted by Crippen LogP contribution is -2.23. The van der Waals surface area contributed by atoms with Crippen molar-refractivity contribution in [1.82, 2.24) is 19.9 Å². The summed E-state index contributed by atoms with van der Waals surface area (Å²) in [5, 5.41) is 3.21. The zero-order valence-corrected chi connectivity index (χ0v) is 16.3. The number of benzene rings is 1. The predicted molar refractivity (Wildman–Crippen MR) is 110 cm³/mol. The monoisotopic (exact) mass is 375 g/mol. The van der Waals surface area contributed by atoms with E-state index in [4.69, 9.17) is 9.72 Å². The van der Waals surface area contributed by atoms with Crippen LogP contribution in [0.5, 0.6) is 5.75 Å². The maximum atomic E-state index is 5.26. The average Bonchev–Trinajstić information content (AvgIpc) is 3.19. The molecule has 1 saturated heterocycles. The van der Waals surface area contributed by atoms with Gasteiger partial charge in [-0.05, 0) is 61.7 Å². The summed E-state index contributed by atoms with van der Waals surface area (Å²) in [6, 6.07) is 14.6. The fourth-order valence-corrected chi connectivity index (χ4v) is 3.59. The van der Waals surface area contributed by atoms with Gasteiger partial charge in [0.15, 0.2) is 0 Å². The van der Waals surface area contributed by atoms with Crippen molar-refractivity contribution in [3.8, 4) is 5.75 Å². The van der Waals surface area contributed by atoms with Gasteiger partial charge in [0.1, 0.15) is 11.6 Å². The Morgan fingerprint density at radius 1 is 1.11 bits per heavy atom. The van der Waals surface area contributed by atoms with Crippen molar-refractivity contribution in [3.05, 3.63) is 71.7 Å². The summed E-state index contributed by atoms with van der Waals surface area (Å²) in [4.78, 5) is 16.0. The molecule has 0 radical (unpaired) electrons. The van der Waals surface area contributed by atoms with E-state index in [1.807, 2.05) is 49.6 Å². The van der Waals surface area contributed by atoms with Crippen LogP contribution in [-0.2, 0) is 6.54 Å². The minimum atomic E-state index is 0.302. The molecule has 1 fully saturated rings. The van der Waals surface area contributed by atoms with Crippen LogP contribution in [0.15, 0.2) is 54.9 Å². The van der Waals surface area contributed by atoms with E-state index in [1.165, 1.54) is 12.0 Å². The van der Waals surface area contributed by atoms with Crippen LogP contribution < -0.4 is 10.1 Å². The number of pyridine rings is 1. The zero-order valence-electron chi connectivity index (χ0n) is 16.3. The van der Waals surface area contributed by atoms with Gasteiger partial charge in [0, 0.05) is 18.9 Å². The molecule has 0 bridgehead atoms. The number of rotatable bonds is 6. The van der Waals surface area contributed by atoms with Crippen LogP contribution in [0.2, 0.25) is 0 Å². The van der Waals surface area contributed by atoms with Crippen LogP contribution in [0.1, 0.15) is 35.7 Å². The molecule has 0 aliphatic carbocycles. The standard InChI is InChI=1S/C22H25N5O/c1-16-5-10-21(24-14-16)26-22-23-12-11-19(25-22)20-4-3-13-27(20)15-17-6-8-18(28-2)9-7-17/h5-12,14,20H,3-4,13,15H2,1-2H3,(H,23,24,25,26)/t20-/m1/s1. The molecule has 28 heavy (non-hydrogen) atoms. The summed E-state index contributed by atoms with van der Waals surface area (Å²) in [5.41, 5.74) is 3.46. The first kappa shape index (κ1) is 18.4. The quantitative estimate of drug-likeness (QED) is 0.694. The Labute approximate surface area is 165 Å². The number of hydrogen-bond acceptors (Lipinski definition) is 6. The first-order valence-electron chi connectivity index (χ1n) is 9.61. The molecule has 2 aromatic heterocycles. The second kappa shape index (κ2) is 8.35. The van der Waals surface area contributed by atoms with E-state index in [9.17, 15) is 0 Å². The van der Waals surface area contributed by atoms with Crippen molar-refractivity contribution in [1.29, 1.82) is 0 Å². The minimum Gasteiger partial charge on any atom is -0.497 e. The van der Waals surface area contributed by atoms with Gasteiger partial charge in [-0.15, -0.1) is 0 Å². The third-order valence-corrected chi connectivity index (χ3v) is 5.08. The number of methoxy groups -OCH3 is 1. The topological polar surface area (TPSA) is 63.2 Å². The molecule has 3 aromatic rings. The van der Waals surface area contributed by atoms with Gasteiger partial charge < -0.3 is 10.1 Å². The SMILES string of the molecule is COc1ccc(CN2CCC[C@@H]2c2ccnc(Nc3ccc(C)cn3)n2)cc1. The van der Waals surface area contributed by atoms with E-state index in [-0.39, 0.29) is 0 Å². The number of likely N-dealkylation sites (tertiary alicyclic amines) is 1. The van der Waals surface area contributed by atoms with Crippen LogP contribution in [0.25, 0.3) is 0 Å². The van der Waals surface area contributed by atoms with Crippen LogP contribution >= 0.6 is 0 Å². The molecular formula is C22H25N5O. The summed E-state index contributed by atoms with van der Waals surface area (Å²) in [6.07, 6.45) is 5.94. The summed E-state index contributed by atoms with van der Waals surface area (Å²) >= 11 is 0. The summed E-state index contributed by atoms with van der Waals surface area (Å²) < 4.78 is 5.26. The van der Waals surface area contributed by atoms with Gasteiger partial charge in [0.25, 0.3) is 0 Å². The van der Waals surface area contributed by atoms with Gasteiger partial charge in [-0.3, -0.25) is 4.90 Å². The van der Waals surface area contributed by atoms with E-state index < -0.39 is 0 Å². The summed E-state index contributed by atoms with van der Waals surface area (Å²) in [7, 11) is 1.69. The van der Waals surface area contributed by atoms with E-state index in [1.54, 1.807) is 7.11 Å². The lowest BCUT2D eigenvalue weighted by atomic mass is 10.1. The molecule has 0 saturated carbocycles. The maximum Gasteiger partial charge on any atom is 0.228 e. The number of anilines is 2. The molecule has 0 unspecified atom stereocenters. The van der Waals surface area contributed by atoms with Crippen molar-refractivity contribution in [3.63, 3.8) is 0 Å². The third kappa shape index (κ3) is 4.28. The molecule has 1 aliphatic heterocycles. The summed E-state index contributed by atoms with van der Waals surface area (Å²) in [6.45, 7) is 4.00. The lowest BCUT2D eigenvalue weighted by molar-refractivity contribution is 0.244. The number of aryl methyl sites for hydroxylation is 1. The van der Waals surface area contributed by atoms with E-state index in [2.05, 4.69) is 32.3 Å². The van der Waals surface area contributed by atoms with Gasteiger partial charge in [0.05, 0.1) is 18.8 Å². The molecule has 144 valence electrons. The Bertz CT molecular complexity index is 911. The number of ether oxygens (including phenoxy) is 1. The van der Waals surface area contributed by atoms with Crippen LogP contribution in [0.4, 0.5) is 11.8 Å². The largest absolute Gasteiger partial charge is 0.497 e. The van der Waals surface area contributed by atoms with E-state index in [0.29, 0.717) is 12.0 Å². The molecule has 1 N–H and O–H groups in total. The van der Waals surface area contributed by atoms with Gasteiger partial charge in [0.2, 0.25) is 5.95 Å². The fraction of sp³-hybridized carbons (Fsp3) is 0.318. The van der Waals surface area contributed by atoms with Gasteiger partial charge in [-0.25, -0.2) is 15.0 Å². The molecule has 3 heterocycles. The van der Waals surface area contributed by atoms with E-state index in [0.717, 1.165) is 42.3 Å². The molecule has 6 heteroatoms. The van der Waals surface area contributed by atoms with Crippen molar-refractivity contribution in [2.24, 2.45) is 0 Å². The highest BCUT2D eigenvalue weighted by atomic mass is 16.5. The third-order valence-electron chi connectivity index (χ3n) is 5.08. The normalized spacial score (nSPS) is 16.9. The molecular weight excluding hydrogens is 350 g/mol. The Kier molecular flexibility index (Phi) is 5.48. The number of hydrogen-bond donors (Lipinski definition) is 1. The highest BCUT2D eigenvalue weighted by Gasteiger charge is 2.27. The lowest BCUT2D eigenvalue weighted by Gasteiger charge is -2.24. The Hall–Kier alpha value is -2.99. The number of aromatic nitrogens is 3. The van der Waals surface area contributed by atoms with Crippen molar-refractivity contribution in [2.45, 2.75) is 32.4 Å². The average molecular weight is 375 g/mol. The Morgan fingerprint density at radius 2 is 1.96 bits per heavy atom. The maximum absolute atomic E-state index is 5.26. The molecule has 6 nitrogen and oxygen atoms in total. The molecule has 1 aromatic carbocycles. The Morgan fingerprint density at radius 3 is 2.71 bits per heavy atom. The molecule has 0 spiro atoms. The van der Waals surface area contributed by atoms with Crippen molar-refractivity contribution >= 4 is 11.8 Å². The van der Waals surface area contributed by atoms with Gasteiger partial charge in [-0.1, -0.05) is 18.2 Å². The molecule has 1 atom stereocenters. The molecule has 1 aliphatic rings. The predicted octanol–water partition coefficient (Wildman–Crippen LogP) is 4.27. The highest BCUT2D eigenvalue weighted by molar-refractivity contribution is 5.47. The molecule has 0 amide bonds. The van der Waals surface area contributed by atoms with Crippen LogP contribution in [0, 0.1) is 6.92 Å². The molecule has 4 rings (SSSR count). The second-order valence-corrected chi connectivity index (χ2v) is 7.13. The Balaban J connectivity index is 1.48. The van der Waals surface area contributed by atoms with Gasteiger partial charge >= 0.3 is 0 Å². The van der Waals surface area contributed by atoms with Crippen molar-refractivity contribution in [2.75, 3.05) is 19.0 Å². The first-order chi connectivity index (χ1) is 13.7. The first-order valence-corrected chi connectivity index (χ1v) is 9.61. The van der Waals surface area contributed by atoms with Crippen LogP contribution in [-0.4, -0.2) is 33.5 Å².